The number of ether oxygens (including phenoxy) is 1. The van der Waals surface area contributed by atoms with Crippen LogP contribution < -0.4 is 0 Å². The van der Waals surface area contributed by atoms with Gasteiger partial charge in [-0.2, -0.15) is 0 Å². The summed E-state index contributed by atoms with van der Waals surface area (Å²) in [5.41, 5.74) is 2.34. The molecular weight excluding hydrogens is 328 g/mol. The van der Waals surface area contributed by atoms with Gasteiger partial charge in [-0.15, -0.1) is 0 Å². The predicted molar refractivity (Wildman–Crippen MR) is 88.7 cm³/mol. The van der Waals surface area contributed by atoms with Crippen LogP contribution in [0.25, 0.3) is 0 Å². The molecule has 2 aromatic rings. The van der Waals surface area contributed by atoms with E-state index in [2.05, 4.69) is 40.2 Å². The van der Waals surface area contributed by atoms with Gasteiger partial charge >= 0.3 is 5.97 Å². The van der Waals surface area contributed by atoms with Crippen LogP contribution in [-0.4, -0.2) is 17.4 Å². The number of benzene rings is 2. The van der Waals surface area contributed by atoms with E-state index in [-0.39, 0.29) is 16.7 Å². The average molecular weight is 347 g/mol. The van der Waals surface area contributed by atoms with E-state index in [1.807, 2.05) is 43.3 Å². The van der Waals surface area contributed by atoms with Crippen LogP contribution in [0.2, 0.25) is 0 Å². The lowest BCUT2D eigenvalue weighted by atomic mass is 9.89. The third-order valence-corrected chi connectivity index (χ3v) is 4.40. The second kappa shape index (κ2) is 7.99. The Balaban J connectivity index is 2.24. The van der Waals surface area contributed by atoms with Gasteiger partial charge in [-0.05, 0) is 24.5 Å². The van der Waals surface area contributed by atoms with Crippen LogP contribution in [0, 0.1) is 0 Å². The minimum atomic E-state index is -0.347. The summed E-state index contributed by atoms with van der Waals surface area (Å²) < 4.78 is 5.16. The van der Waals surface area contributed by atoms with E-state index in [4.69, 9.17) is 4.74 Å². The second-order valence-electron chi connectivity index (χ2n) is 4.86. The predicted octanol–water partition coefficient (Wildman–Crippen LogP) is 4.34. The fourth-order valence-corrected chi connectivity index (χ4v) is 2.97. The van der Waals surface area contributed by atoms with E-state index in [1.54, 1.807) is 0 Å². The van der Waals surface area contributed by atoms with E-state index in [9.17, 15) is 4.79 Å². The number of rotatable bonds is 6. The molecule has 2 atom stereocenters. The molecule has 0 amide bonds. The molecule has 2 rings (SSSR count). The highest BCUT2D eigenvalue weighted by molar-refractivity contribution is 9.10. The van der Waals surface area contributed by atoms with Crippen molar-refractivity contribution in [1.82, 2.24) is 0 Å². The highest BCUT2D eigenvalue weighted by Crippen LogP contribution is 2.30. The Bertz CT molecular complexity index is 554. The second-order valence-corrected chi connectivity index (χ2v) is 5.85. The first-order chi connectivity index (χ1) is 10.2. The van der Waals surface area contributed by atoms with Gasteiger partial charge in [0.2, 0.25) is 0 Å². The molecule has 0 aliphatic rings. The van der Waals surface area contributed by atoms with Crippen molar-refractivity contribution in [3.63, 3.8) is 0 Å². The largest absolute Gasteiger partial charge is 0.465 e. The SMILES string of the molecule is CCOC(=O)C(Br)C(Cc1ccccc1)c1ccccc1. The van der Waals surface area contributed by atoms with Crippen molar-refractivity contribution in [3.05, 3.63) is 71.8 Å². The van der Waals surface area contributed by atoms with Gasteiger partial charge in [0.1, 0.15) is 4.83 Å². The first-order valence-electron chi connectivity index (χ1n) is 7.12. The Morgan fingerprint density at radius 2 is 1.62 bits per heavy atom. The van der Waals surface area contributed by atoms with Crippen LogP contribution in [0.3, 0.4) is 0 Å². The molecule has 0 fully saturated rings. The van der Waals surface area contributed by atoms with Crippen molar-refractivity contribution in [2.45, 2.75) is 24.1 Å². The maximum absolute atomic E-state index is 12.1. The summed E-state index contributed by atoms with van der Waals surface area (Å²) in [6.45, 7) is 2.22. The van der Waals surface area contributed by atoms with Gasteiger partial charge in [-0.25, -0.2) is 0 Å². The van der Waals surface area contributed by atoms with Gasteiger partial charge in [0.25, 0.3) is 0 Å². The molecule has 110 valence electrons. The van der Waals surface area contributed by atoms with Crippen molar-refractivity contribution >= 4 is 21.9 Å². The fraction of sp³-hybridized carbons (Fsp3) is 0.278. The first kappa shape index (κ1) is 15.8. The molecular formula is C18H19BrO2. The molecule has 0 saturated heterocycles. The number of halogens is 1. The van der Waals surface area contributed by atoms with Crippen molar-refractivity contribution < 1.29 is 9.53 Å². The molecule has 0 aliphatic carbocycles. The summed E-state index contributed by atoms with van der Waals surface area (Å²) in [6.07, 6.45) is 0.791. The van der Waals surface area contributed by atoms with Gasteiger partial charge in [-0.3, -0.25) is 4.79 Å². The van der Waals surface area contributed by atoms with Crippen LogP contribution in [0.15, 0.2) is 60.7 Å². The molecule has 0 radical (unpaired) electrons. The van der Waals surface area contributed by atoms with Gasteiger partial charge < -0.3 is 4.74 Å². The summed E-state index contributed by atoms with van der Waals surface area (Å²) in [6, 6.07) is 20.3. The molecule has 0 aromatic heterocycles. The fourth-order valence-electron chi connectivity index (χ4n) is 2.34. The zero-order valence-corrected chi connectivity index (χ0v) is 13.6. The molecule has 0 bridgehead atoms. The zero-order valence-electron chi connectivity index (χ0n) is 12.0. The smallest absolute Gasteiger partial charge is 0.320 e. The van der Waals surface area contributed by atoms with Crippen LogP contribution >= 0.6 is 15.9 Å². The zero-order chi connectivity index (χ0) is 15.1. The molecule has 0 saturated carbocycles. The molecule has 0 N–H and O–H groups in total. The Morgan fingerprint density at radius 1 is 1.05 bits per heavy atom. The van der Waals surface area contributed by atoms with Gasteiger partial charge in [-0.1, -0.05) is 76.6 Å². The van der Waals surface area contributed by atoms with Crippen LogP contribution in [0.4, 0.5) is 0 Å². The standard InChI is InChI=1S/C18H19BrO2/c1-2-21-18(20)17(19)16(15-11-7-4-8-12-15)13-14-9-5-3-6-10-14/h3-12,16-17H,2,13H2,1H3. The quantitative estimate of drug-likeness (QED) is 0.574. The molecule has 0 heterocycles. The lowest BCUT2D eigenvalue weighted by Gasteiger charge is -2.22. The molecule has 0 spiro atoms. The van der Waals surface area contributed by atoms with E-state index in [0.717, 1.165) is 12.0 Å². The third-order valence-electron chi connectivity index (χ3n) is 3.39. The average Bonchev–Trinajstić information content (AvgIpc) is 2.54. The first-order valence-corrected chi connectivity index (χ1v) is 8.03. The summed E-state index contributed by atoms with van der Waals surface area (Å²) in [5.74, 6) is -0.157. The number of esters is 1. The van der Waals surface area contributed by atoms with Crippen LogP contribution in [0.1, 0.15) is 24.0 Å². The minimum absolute atomic E-state index is 0.0487. The Hall–Kier alpha value is -1.61. The van der Waals surface area contributed by atoms with E-state index >= 15 is 0 Å². The summed E-state index contributed by atoms with van der Waals surface area (Å²) in [7, 11) is 0. The van der Waals surface area contributed by atoms with Gasteiger partial charge in [0.15, 0.2) is 0 Å². The summed E-state index contributed by atoms with van der Waals surface area (Å²) in [5, 5.41) is 0. The normalized spacial score (nSPS) is 13.4. The number of carbonyl (C=O) groups is 1. The highest BCUT2D eigenvalue weighted by atomic mass is 79.9. The molecule has 2 unspecified atom stereocenters. The Kier molecular flexibility index (Phi) is 6.00. The van der Waals surface area contributed by atoms with Crippen LogP contribution in [0.5, 0.6) is 0 Å². The van der Waals surface area contributed by atoms with Crippen molar-refractivity contribution in [2.75, 3.05) is 6.61 Å². The summed E-state index contributed by atoms with van der Waals surface area (Å²) >= 11 is 3.53. The van der Waals surface area contributed by atoms with Gasteiger partial charge in [0, 0.05) is 5.92 Å². The van der Waals surface area contributed by atoms with Crippen molar-refractivity contribution in [3.8, 4) is 0 Å². The molecule has 3 heteroatoms. The van der Waals surface area contributed by atoms with E-state index < -0.39 is 0 Å². The van der Waals surface area contributed by atoms with E-state index in [0.29, 0.717) is 6.61 Å². The number of alkyl halides is 1. The Labute approximate surface area is 134 Å². The maximum atomic E-state index is 12.1. The third kappa shape index (κ3) is 4.43. The van der Waals surface area contributed by atoms with Crippen molar-refractivity contribution in [1.29, 1.82) is 0 Å². The lowest BCUT2D eigenvalue weighted by molar-refractivity contribution is -0.142. The number of hydrogen-bond acceptors (Lipinski definition) is 2. The van der Waals surface area contributed by atoms with E-state index in [1.165, 1.54) is 5.56 Å². The minimum Gasteiger partial charge on any atom is -0.465 e. The Morgan fingerprint density at radius 3 is 2.19 bits per heavy atom. The highest BCUT2D eigenvalue weighted by Gasteiger charge is 2.28. The summed E-state index contributed by atoms with van der Waals surface area (Å²) in [4.78, 5) is 11.7. The molecule has 21 heavy (non-hydrogen) atoms. The van der Waals surface area contributed by atoms with Crippen LogP contribution in [-0.2, 0) is 16.0 Å². The molecule has 2 nitrogen and oxygen atoms in total. The maximum Gasteiger partial charge on any atom is 0.320 e. The molecule has 2 aromatic carbocycles. The number of hydrogen-bond donors (Lipinski definition) is 0. The lowest BCUT2D eigenvalue weighted by Crippen LogP contribution is -2.26. The molecule has 0 aliphatic heterocycles. The monoisotopic (exact) mass is 346 g/mol. The number of carbonyl (C=O) groups excluding carboxylic acids is 1. The van der Waals surface area contributed by atoms with Crippen molar-refractivity contribution in [2.24, 2.45) is 0 Å². The topological polar surface area (TPSA) is 26.3 Å². The van der Waals surface area contributed by atoms with Gasteiger partial charge in [0.05, 0.1) is 6.61 Å².